The second-order valence-corrected chi connectivity index (χ2v) is 4.81. The summed E-state index contributed by atoms with van der Waals surface area (Å²) < 4.78 is 11.1. The zero-order chi connectivity index (χ0) is 14.6. The van der Waals surface area contributed by atoms with Crippen molar-refractivity contribution in [1.29, 1.82) is 0 Å². The summed E-state index contributed by atoms with van der Waals surface area (Å²) in [6.45, 7) is 1.89. The molecule has 106 valence electrons. The van der Waals surface area contributed by atoms with Gasteiger partial charge in [-0.05, 0) is 6.92 Å². The third kappa shape index (κ3) is 3.81. The van der Waals surface area contributed by atoms with Gasteiger partial charge >= 0.3 is 7.12 Å². The van der Waals surface area contributed by atoms with E-state index < -0.39 is 19.3 Å². The molecule has 0 radical (unpaired) electrons. The zero-order valence-corrected chi connectivity index (χ0v) is 12.1. The van der Waals surface area contributed by atoms with Crippen LogP contribution in [0.2, 0.25) is 6.32 Å². The van der Waals surface area contributed by atoms with Crippen molar-refractivity contribution < 1.29 is 18.9 Å². The molecule has 1 heterocycles. The Morgan fingerprint density at radius 2 is 1.47 bits per heavy atom. The maximum absolute atomic E-state index is 12.0. The molecule has 0 N–H and O–H groups in total. The van der Waals surface area contributed by atoms with Gasteiger partial charge in [-0.15, -0.1) is 0 Å². The van der Waals surface area contributed by atoms with Crippen molar-refractivity contribution in [2.75, 3.05) is 28.2 Å². The summed E-state index contributed by atoms with van der Waals surface area (Å²) in [5, 5.41) is 0. The first-order valence-corrected chi connectivity index (χ1v) is 6.22. The molecule has 7 heteroatoms. The Labute approximate surface area is 114 Å². The minimum absolute atomic E-state index is 0.261. The summed E-state index contributed by atoms with van der Waals surface area (Å²) in [6, 6.07) is 0. The van der Waals surface area contributed by atoms with Crippen LogP contribution in [0, 0.1) is 0 Å². The van der Waals surface area contributed by atoms with Crippen LogP contribution in [0.1, 0.15) is 6.92 Å². The van der Waals surface area contributed by atoms with Crippen LogP contribution >= 0.6 is 0 Å². The highest BCUT2D eigenvalue weighted by Crippen LogP contribution is 2.22. The van der Waals surface area contributed by atoms with Crippen molar-refractivity contribution in [3.8, 4) is 0 Å². The molecule has 19 heavy (non-hydrogen) atoms. The first-order chi connectivity index (χ1) is 8.88. The van der Waals surface area contributed by atoms with Gasteiger partial charge in [-0.2, -0.15) is 0 Å². The van der Waals surface area contributed by atoms with E-state index in [1.807, 2.05) is 19.1 Å². The van der Waals surface area contributed by atoms with E-state index in [0.29, 0.717) is 6.32 Å². The van der Waals surface area contributed by atoms with Gasteiger partial charge in [0, 0.05) is 34.5 Å². The highest BCUT2D eigenvalue weighted by Gasteiger charge is 2.47. The Morgan fingerprint density at radius 3 is 1.79 bits per heavy atom. The maximum atomic E-state index is 12.0. The molecular formula is C12H21BN2O4. The van der Waals surface area contributed by atoms with E-state index in [2.05, 4.69) is 0 Å². The number of likely N-dealkylation sites (N-methyl/N-ethyl adjacent to an activating group) is 2. The Hall–Kier alpha value is -1.34. The molecule has 1 rings (SSSR count). The molecule has 0 aromatic heterocycles. The number of hydrogen-bond donors (Lipinski definition) is 0. The first-order valence-electron chi connectivity index (χ1n) is 6.22. The van der Waals surface area contributed by atoms with E-state index in [-0.39, 0.29) is 11.8 Å². The molecule has 0 aromatic carbocycles. The smallest absolute Gasteiger partial charge is 0.396 e. The molecule has 0 saturated carbocycles. The molecule has 2 atom stereocenters. The monoisotopic (exact) mass is 268 g/mol. The second kappa shape index (κ2) is 6.72. The van der Waals surface area contributed by atoms with E-state index >= 15 is 0 Å². The fraction of sp³-hybridized carbons (Fsp3) is 0.667. The van der Waals surface area contributed by atoms with Gasteiger partial charge in [0.05, 0.1) is 0 Å². The fourth-order valence-electron chi connectivity index (χ4n) is 1.74. The van der Waals surface area contributed by atoms with Crippen LogP contribution in [-0.4, -0.2) is 69.1 Å². The standard InChI is InChI=1S/C12H21BN2O4/c1-6-7-8-13-18-9(11(16)14(2)3)10(19-13)12(17)15(4)5/h6-7,9-10H,8H2,1-5H3/b7-6-/t9-,10-/m1/s1. The van der Waals surface area contributed by atoms with Crippen LogP contribution in [0.15, 0.2) is 12.2 Å². The summed E-state index contributed by atoms with van der Waals surface area (Å²) in [6.07, 6.45) is 2.52. The van der Waals surface area contributed by atoms with E-state index in [1.54, 1.807) is 28.2 Å². The fourth-order valence-corrected chi connectivity index (χ4v) is 1.74. The van der Waals surface area contributed by atoms with Gasteiger partial charge in [0.1, 0.15) is 0 Å². The van der Waals surface area contributed by atoms with Gasteiger partial charge in [0.2, 0.25) is 0 Å². The molecule has 0 unspecified atom stereocenters. The Balaban J connectivity index is 2.84. The topological polar surface area (TPSA) is 59.1 Å². The van der Waals surface area contributed by atoms with Crippen molar-refractivity contribution in [3.63, 3.8) is 0 Å². The normalized spacial score (nSPS) is 22.9. The van der Waals surface area contributed by atoms with Crippen molar-refractivity contribution >= 4 is 18.9 Å². The minimum atomic E-state index is -0.875. The third-order valence-electron chi connectivity index (χ3n) is 2.80. The molecule has 1 aliphatic rings. The molecule has 0 aliphatic carbocycles. The highest BCUT2D eigenvalue weighted by atomic mass is 16.7. The molecule has 2 amide bonds. The van der Waals surface area contributed by atoms with Gasteiger partial charge in [-0.3, -0.25) is 9.59 Å². The van der Waals surface area contributed by atoms with Crippen LogP contribution in [0.25, 0.3) is 0 Å². The number of allylic oxidation sites excluding steroid dienone is 2. The first kappa shape index (κ1) is 15.7. The number of hydrogen-bond acceptors (Lipinski definition) is 4. The van der Waals surface area contributed by atoms with Crippen molar-refractivity contribution in [2.24, 2.45) is 0 Å². The van der Waals surface area contributed by atoms with Gasteiger partial charge in [0.25, 0.3) is 11.8 Å². The van der Waals surface area contributed by atoms with E-state index in [1.165, 1.54) is 9.80 Å². The van der Waals surface area contributed by atoms with Gasteiger partial charge in [-0.25, -0.2) is 0 Å². The summed E-state index contributed by atoms with van der Waals surface area (Å²) >= 11 is 0. The van der Waals surface area contributed by atoms with Gasteiger partial charge < -0.3 is 19.1 Å². The largest absolute Gasteiger partial charge is 0.462 e. The predicted octanol–water partition coefficient (Wildman–Crippen LogP) is 0.0111. The summed E-state index contributed by atoms with van der Waals surface area (Å²) in [7, 11) is 5.95. The van der Waals surface area contributed by atoms with Crippen LogP contribution < -0.4 is 0 Å². The summed E-state index contributed by atoms with van der Waals surface area (Å²) in [5.74, 6) is -0.522. The maximum Gasteiger partial charge on any atom is 0.462 e. The Bertz CT molecular complexity index is 343. The Kier molecular flexibility index (Phi) is 5.56. The summed E-state index contributed by atoms with van der Waals surface area (Å²) in [4.78, 5) is 26.9. The van der Waals surface area contributed by atoms with E-state index in [0.717, 1.165) is 0 Å². The Morgan fingerprint density at radius 1 is 1.05 bits per heavy atom. The average Bonchev–Trinajstić information content (AvgIpc) is 2.77. The van der Waals surface area contributed by atoms with Crippen molar-refractivity contribution in [1.82, 2.24) is 9.80 Å². The lowest BCUT2D eigenvalue weighted by Crippen LogP contribution is -2.47. The van der Waals surface area contributed by atoms with E-state index in [9.17, 15) is 9.59 Å². The number of nitrogens with zero attached hydrogens (tertiary/aromatic N) is 2. The quantitative estimate of drug-likeness (QED) is 0.532. The molecule has 1 saturated heterocycles. The second-order valence-electron chi connectivity index (χ2n) is 4.81. The lowest BCUT2D eigenvalue weighted by Gasteiger charge is -2.22. The van der Waals surface area contributed by atoms with Gasteiger partial charge in [0.15, 0.2) is 12.2 Å². The van der Waals surface area contributed by atoms with E-state index in [4.69, 9.17) is 9.31 Å². The van der Waals surface area contributed by atoms with Crippen LogP contribution in [0.3, 0.4) is 0 Å². The molecule has 0 spiro atoms. The number of carbonyl (C=O) groups is 2. The third-order valence-corrected chi connectivity index (χ3v) is 2.80. The molecule has 1 fully saturated rings. The van der Waals surface area contributed by atoms with Crippen LogP contribution in [0.5, 0.6) is 0 Å². The SMILES string of the molecule is C/C=C\CB1O[C@@H](C(=O)N(C)C)[C@H](C(=O)N(C)C)O1. The zero-order valence-electron chi connectivity index (χ0n) is 12.1. The molecule has 0 aromatic rings. The number of rotatable bonds is 4. The van der Waals surface area contributed by atoms with Gasteiger partial charge in [-0.1, -0.05) is 12.2 Å². The van der Waals surface area contributed by atoms with Crippen molar-refractivity contribution in [3.05, 3.63) is 12.2 Å². The minimum Gasteiger partial charge on any atom is -0.396 e. The average molecular weight is 268 g/mol. The lowest BCUT2D eigenvalue weighted by atomic mass is 9.85. The number of amides is 2. The van der Waals surface area contributed by atoms with Crippen LogP contribution in [-0.2, 0) is 18.9 Å². The molecule has 6 nitrogen and oxygen atoms in total. The lowest BCUT2D eigenvalue weighted by molar-refractivity contribution is -0.146. The molecular weight excluding hydrogens is 247 g/mol. The van der Waals surface area contributed by atoms with Crippen LogP contribution in [0.4, 0.5) is 0 Å². The van der Waals surface area contributed by atoms with Crippen molar-refractivity contribution in [2.45, 2.75) is 25.5 Å². The highest BCUT2D eigenvalue weighted by molar-refractivity contribution is 6.46. The number of carbonyl (C=O) groups excluding carboxylic acids is 2. The molecule has 1 aliphatic heterocycles. The summed E-state index contributed by atoms with van der Waals surface area (Å²) in [5.41, 5.74) is 0. The predicted molar refractivity (Wildman–Crippen MR) is 72.5 cm³/mol. The molecule has 0 bridgehead atoms.